The first-order chi connectivity index (χ1) is 6.37. The normalized spacial score (nSPS) is 12.9. The van der Waals surface area contributed by atoms with E-state index in [1.807, 2.05) is 13.8 Å². The van der Waals surface area contributed by atoms with Crippen LogP contribution < -0.4 is 0 Å². The Balaban J connectivity index is 0. The van der Waals surface area contributed by atoms with Crippen LogP contribution >= 0.6 is 0 Å². The number of sulfonamides is 1. The lowest BCUT2D eigenvalue weighted by atomic mass is 10.6. The molecule has 0 rings (SSSR count). The van der Waals surface area contributed by atoms with Gasteiger partial charge in [-0.1, -0.05) is 0 Å². The molecular formula is C6H16FNO5S2. The summed E-state index contributed by atoms with van der Waals surface area (Å²) in [6.45, 7) is 5.03. The Hall–Kier alpha value is -0.250. The van der Waals surface area contributed by atoms with Crippen molar-refractivity contribution >= 4 is 20.5 Å². The number of nitrogens with zero attached hydrogens (tertiary/aromatic N) is 1. The highest BCUT2D eigenvalue weighted by molar-refractivity contribution is 7.85. The van der Waals surface area contributed by atoms with E-state index >= 15 is 0 Å². The van der Waals surface area contributed by atoms with Crippen LogP contribution in [0, 0.1) is 0 Å². The number of halogens is 1. The van der Waals surface area contributed by atoms with Gasteiger partial charge in [0.05, 0.1) is 26.4 Å². The standard InChI is InChI=1S/C6H16NO2S.FHO3S/c1-5-7(3,6-2)10(4,8)9;1-5(2,3)4/h5-6H2,1-4H3;(H,2,3,4)/q+1;/p-1. The summed E-state index contributed by atoms with van der Waals surface area (Å²) in [6.07, 6.45) is 1.28. The van der Waals surface area contributed by atoms with E-state index < -0.39 is 20.5 Å². The fourth-order valence-corrected chi connectivity index (χ4v) is 1.63. The second-order valence-corrected chi connectivity index (χ2v) is 6.19. The monoisotopic (exact) mass is 265 g/mol. The van der Waals surface area contributed by atoms with Crippen molar-refractivity contribution in [2.24, 2.45) is 0 Å². The molecule has 0 spiro atoms. The maximum Gasteiger partial charge on any atom is 0.294 e. The van der Waals surface area contributed by atoms with Crippen molar-refractivity contribution in [1.82, 2.24) is 0 Å². The molecule has 0 aromatic heterocycles. The summed E-state index contributed by atoms with van der Waals surface area (Å²) in [5, 5.41) is 0. The number of rotatable bonds is 3. The molecule has 0 aromatic rings. The zero-order valence-corrected chi connectivity index (χ0v) is 10.7. The van der Waals surface area contributed by atoms with Gasteiger partial charge in [-0.2, -0.15) is 8.42 Å². The fraction of sp³-hybridized carbons (Fsp3) is 1.00. The first-order valence-electron chi connectivity index (χ1n) is 4.07. The molecule has 0 aromatic carbocycles. The Labute approximate surface area is 90.4 Å². The van der Waals surface area contributed by atoms with E-state index in [9.17, 15) is 12.3 Å². The Kier molecular flexibility index (Phi) is 6.55. The van der Waals surface area contributed by atoms with Crippen LogP contribution in [0.15, 0.2) is 0 Å². The minimum atomic E-state index is -5.42. The molecule has 0 fully saturated rings. The summed E-state index contributed by atoms with van der Waals surface area (Å²) >= 11 is 0. The van der Waals surface area contributed by atoms with Gasteiger partial charge in [0.15, 0.2) is 0 Å². The van der Waals surface area contributed by atoms with Crippen LogP contribution in [0.3, 0.4) is 0 Å². The molecule has 0 radical (unpaired) electrons. The summed E-state index contributed by atoms with van der Waals surface area (Å²) in [5.74, 6) is 0. The van der Waals surface area contributed by atoms with Gasteiger partial charge in [-0.25, -0.2) is 12.3 Å². The molecule has 0 heterocycles. The van der Waals surface area contributed by atoms with E-state index in [0.29, 0.717) is 13.1 Å². The van der Waals surface area contributed by atoms with Crippen molar-refractivity contribution < 1.29 is 29.2 Å². The fourth-order valence-electron chi connectivity index (χ4n) is 0.693. The average Bonchev–Trinajstić information content (AvgIpc) is 1.97. The molecule has 9 heteroatoms. The van der Waals surface area contributed by atoms with Crippen LogP contribution in [0.4, 0.5) is 3.89 Å². The topological polar surface area (TPSA) is 91.3 Å². The van der Waals surface area contributed by atoms with Gasteiger partial charge in [0.1, 0.15) is 0 Å². The van der Waals surface area contributed by atoms with E-state index in [0.717, 1.165) is 0 Å². The lowest BCUT2D eigenvalue weighted by Gasteiger charge is -2.28. The molecular weight excluding hydrogens is 249 g/mol. The predicted octanol–water partition coefficient (Wildman–Crippen LogP) is -0.151. The van der Waals surface area contributed by atoms with E-state index in [-0.39, 0.29) is 3.89 Å². The van der Waals surface area contributed by atoms with Gasteiger partial charge in [-0.05, 0) is 13.8 Å². The first-order valence-corrected chi connectivity index (χ1v) is 7.23. The highest BCUT2D eigenvalue weighted by atomic mass is 32.3. The van der Waals surface area contributed by atoms with Gasteiger partial charge < -0.3 is 4.55 Å². The van der Waals surface area contributed by atoms with Gasteiger partial charge in [0, 0.05) is 0 Å². The van der Waals surface area contributed by atoms with Crippen LogP contribution in [0.25, 0.3) is 0 Å². The molecule has 0 N–H and O–H groups in total. The number of quaternary nitrogens is 1. The van der Waals surface area contributed by atoms with Gasteiger partial charge in [0.2, 0.25) is 0 Å². The molecule has 15 heavy (non-hydrogen) atoms. The lowest BCUT2D eigenvalue weighted by Crippen LogP contribution is -2.47. The Bertz CT molecular complexity index is 362. The molecule has 0 amide bonds. The van der Waals surface area contributed by atoms with Crippen LogP contribution in [0.2, 0.25) is 0 Å². The zero-order valence-electron chi connectivity index (χ0n) is 9.10. The highest BCUT2D eigenvalue weighted by Gasteiger charge is 2.28. The first kappa shape index (κ1) is 17.2. The van der Waals surface area contributed by atoms with E-state index in [2.05, 4.69) is 0 Å². The Morgan fingerprint density at radius 2 is 1.33 bits per heavy atom. The van der Waals surface area contributed by atoms with Crippen molar-refractivity contribution in [2.75, 3.05) is 26.4 Å². The molecule has 0 aliphatic rings. The summed E-state index contributed by atoms with van der Waals surface area (Å²) in [4.78, 5) is 0. The zero-order chi connectivity index (χ0) is 12.9. The third kappa shape index (κ3) is 8.73. The van der Waals surface area contributed by atoms with Gasteiger partial charge in [-0.15, -0.1) is 3.89 Å². The van der Waals surface area contributed by atoms with E-state index in [4.69, 9.17) is 13.0 Å². The number of hydrogen-bond donors (Lipinski definition) is 0. The van der Waals surface area contributed by atoms with Gasteiger partial charge in [-0.3, -0.25) is 0 Å². The minimum Gasteiger partial charge on any atom is -0.722 e. The SMILES string of the molecule is CC[N+](C)(CC)S(C)(=O)=O.O=S(=O)([O-])F. The van der Waals surface area contributed by atoms with E-state index in [1.165, 1.54) is 6.26 Å². The molecule has 0 saturated heterocycles. The third-order valence-corrected chi connectivity index (χ3v) is 4.26. The smallest absolute Gasteiger partial charge is 0.294 e. The van der Waals surface area contributed by atoms with Crippen molar-refractivity contribution in [3.63, 3.8) is 0 Å². The largest absolute Gasteiger partial charge is 0.722 e. The second kappa shape index (κ2) is 5.73. The van der Waals surface area contributed by atoms with E-state index in [1.54, 1.807) is 7.05 Å². The predicted molar refractivity (Wildman–Crippen MR) is 52.9 cm³/mol. The van der Waals surface area contributed by atoms with Crippen LogP contribution in [0.5, 0.6) is 0 Å². The molecule has 0 aliphatic heterocycles. The van der Waals surface area contributed by atoms with Crippen molar-refractivity contribution in [1.29, 1.82) is 0 Å². The third-order valence-electron chi connectivity index (χ3n) is 2.14. The van der Waals surface area contributed by atoms with Crippen molar-refractivity contribution in [3.8, 4) is 0 Å². The lowest BCUT2D eigenvalue weighted by molar-refractivity contribution is -0.780. The molecule has 0 bridgehead atoms. The molecule has 0 aliphatic carbocycles. The summed E-state index contributed by atoms with van der Waals surface area (Å²) < 4.78 is 57.6. The molecule has 0 saturated carbocycles. The maximum atomic E-state index is 11.1. The maximum absolute atomic E-state index is 11.1. The highest BCUT2D eigenvalue weighted by Crippen LogP contribution is 2.07. The molecule has 6 nitrogen and oxygen atoms in total. The Morgan fingerprint density at radius 1 is 1.13 bits per heavy atom. The van der Waals surface area contributed by atoms with Gasteiger partial charge >= 0.3 is 0 Å². The molecule has 94 valence electrons. The average molecular weight is 265 g/mol. The quantitative estimate of drug-likeness (QED) is 0.402. The summed E-state index contributed by atoms with van der Waals surface area (Å²) in [7, 11) is -6.61. The van der Waals surface area contributed by atoms with Crippen LogP contribution in [-0.2, 0) is 20.5 Å². The summed E-state index contributed by atoms with van der Waals surface area (Å²) in [6, 6.07) is 0. The minimum absolute atomic E-state index is 0.132. The van der Waals surface area contributed by atoms with Crippen molar-refractivity contribution in [3.05, 3.63) is 0 Å². The second-order valence-electron chi connectivity index (χ2n) is 3.06. The Morgan fingerprint density at radius 3 is 1.33 bits per heavy atom. The summed E-state index contributed by atoms with van der Waals surface area (Å²) in [5.41, 5.74) is 0. The molecule has 0 atom stereocenters. The van der Waals surface area contributed by atoms with Gasteiger partial charge in [0.25, 0.3) is 20.5 Å². The van der Waals surface area contributed by atoms with Crippen LogP contribution in [0.1, 0.15) is 13.8 Å². The van der Waals surface area contributed by atoms with Crippen molar-refractivity contribution in [2.45, 2.75) is 13.8 Å². The van der Waals surface area contributed by atoms with Crippen LogP contribution in [-0.4, -0.2) is 51.7 Å². The molecule has 0 unspecified atom stereocenters. The number of hydrogen-bond acceptors (Lipinski definition) is 5.